The fraction of sp³-hybridized carbons (Fsp3) is 0.125. The van der Waals surface area contributed by atoms with Gasteiger partial charge in [0.2, 0.25) is 10.6 Å². The summed E-state index contributed by atoms with van der Waals surface area (Å²) in [5.41, 5.74) is 0. The molecule has 0 aliphatic rings. The van der Waals surface area contributed by atoms with Gasteiger partial charge < -0.3 is 4.42 Å². The lowest BCUT2D eigenvalue weighted by atomic mass is 10.5. The Hall–Kier alpha value is -0.780. The van der Waals surface area contributed by atoms with Crippen molar-refractivity contribution < 1.29 is 4.42 Å². The lowest BCUT2D eigenvalue weighted by molar-refractivity contribution is 0.527. The summed E-state index contributed by atoms with van der Waals surface area (Å²) in [6.07, 6.45) is 1.60. The first-order valence-electron chi connectivity index (χ1n) is 3.94. The molecule has 2 rings (SSSR count). The van der Waals surface area contributed by atoms with Crippen LogP contribution >= 0.6 is 35.0 Å². The first-order chi connectivity index (χ1) is 7.15. The van der Waals surface area contributed by atoms with Crippen molar-refractivity contribution in [3.05, 3.63) is 28.7 Å². The molecule has 2 heterocycles. The number of nitrogens with zero attached hydrogens (tertiary/aromatic N) is 3. The number of halogens is 2. The van der Waals surface area contributed by atoms with E-state index in [2.05, 4.69) is 15.0 Å². The van der Waals surface area contributed by atoms with Crippen molar-refractivity contribution in [2.45, 2.75) is 17.0 Å². The quantitative estimate of drug-likeness (QED) is 0.831. The van der Waals surface area contributed by atoms with Crippen LogP contribution in [-0.2, 0) is 0 Å². The fourth-order valence-electron chi connectivity index (χ4n) is 0.932. The molecule has 15 heavy (non-hydrogen) atoms. The molecule has 0 N–H and O–H groups in total. The van der Waals surface area contributed by atoms with E-state index in [0.29, 0.717) is 5.16 Å². The van der Waals surface area contributed by atoms with Crippen molar-refractivity contribution in [1.29, 1.82) is 0 Å². The van der Waals surface area contributed by atoms with Crippen LogP contribution in [0.15, 0.2) is 26.8 Å². The average molecular weight is 262 g/mol. The van der Waals surface area contributed by atoms with Gasteiger partial charge in [-0.3, -0.25) is 0 Å². The van der Waals surface area contributed by atoms with Crippen LogP contribution < -0.4 is 0 Å². The van der Waals surface area contributed by atoms with Crippen molar-refractivity contribution in [3.8, 4) is 0 Å². The van der Waals surface area contributed by atoms with Crippen LogP contribution in [0.3, 0.4) is 0 Å². The van der Waals surface area contributed by atoms with Gasteiger partial charge in [0.15, 0.2) is 5.16 Å². The Labute approximate surface area is 100 Å². The second-order valence-electron chi connectivity index (χ2n) is 2.60. The van der Waals surface area contributed by atoms with E-state index < -0.39 is 0 Å². The molecular formula is C8H5Cl2N3OS. The molecule has 0 unspecified atom stereocenters. The highest BCUT2D eigenvalue weighted by Crippen LogP contribution is 2.29. The summed E-state index contributed by atoms with van der Waals surface area (Å²) in [6, 6.07) is 1.82. The highest BCUT2D eigenvalue weighted by molar-refractivity contribution is 7.99. The van der Waals surface area contributed by atoms with Crippen molar-refractivity contribution in [1.82, 2.24) is 15.0 Å². The van der Waals surface area contributed by atoms with E-state index >= 15 is 0 Å². The van der Waals surface area contributed by atoms with E-state index in [4.69, 9.17) is 27.6 Å². The maximum absolute atomic E-state index is 5.65. The van der Waals surface area contributed by atoms with Crippen LogP contribution in [-0.4, -0.2) is 15.0 Å². The van der Waals surface area contributed by atoms with E-state index in [1.54, 1.807) is 6.26 Å². The largest absolute Gasteiger partial charge is 0.468 e. The van der Waals surface area contributed by atoms with E-state index in [0.717, 1.165) is 10.7 Å². The second kappa shape index (κ2) is 4.38. The Balaban J connectivity index is 2.28. The number of rotatable bonds is 2. The summed E-state index contributed by atoms with van der Waals surface area (Å²) < 4.78 is 5.14. The van der Waals surface area contributed by atoms with Gasteiger partial charge in [-0.15, -0.1) is 0 Å². The van der Waals surface area contributed by atoms with Gasteiger partial charge in [0.1, 0.15) is 5.76 Å². The Morgan fingerprint density at radius 1 is 1.20 bits per heavy atom. The highest BCUT2D eigenvalue weighted by atomic mass is 35.5. The zero-order chi connectivity index (χ0) is 10.8. The zero-order valence-corrected chi connectivity index (χ0v) is 9.90. The van der Waals surface area contributed by atoms with E-state index in [-0.39, 0.29) is 10.6 Å². The number of aromatic nitrogens is 3. The van der Waals surface area contributed by atoms with Gasteiger partial charge in [-0.05, 0) is 48.0 Å². The van der Waals surface area contributed by atoms with Gasteiger partial charge in [0, 0.05) is 0 Å². The molecule has 7 heteroatoms. The smallest absolute Gasteiger partial charge is 0.227 e. The molecule has 0 fully saturated rings. The molecule has 0 aliphatic heterocycles. The molecule has 0 amide bonds. The molecule has 0 atom stereocenters. The average Bonchev–Trinajstić information content (AvgIpc) is 2.50. The van der Waals surface area contributed by atoms with Crippen LogP contribution in [0.1, 0.15) is 5.76 Å². The molecule has 0 aromatic carbocycles. The van der Waals surface area contributed by atoms with E-state index in [1.807, 2.05) is 13.0 Å². The third kappa shape index (κ3) is 2.62. The topological polar surface area (TPSA) is 51.8 Å². The minimum Gasteiger partial charge on any atom is -0.468 e. The second-order valence-corrected chi connectivity index (χ2v) is 4.28. The summed E-state index contributed by atoms with van der Waals surface area (Å²) in [5, 5.41) is 0.613. The molecule has 2 aromatic rings. The van der Waals surface area contributed by atoms with Gasteiger partial charge in [0.05, 0.1) is 11.2 Å². The van der Waals surface area contributed by atoms with Crippen LogP contribution in [0.5, 0.6) is 0 Å². The molecule has 0 spiro atoms. The maximum Gasteiger partial charge on any atom is 0.227 e. The predicted molar refractivity (Wildman–Crippen MR) is 57.4 cm³/mol. The van der Waals surface area contributed by atoms with Crippen molar-refractivity contribution in [2.24, 2.45) is 0 Å². The van der Waals surface area contributed by atoms with Gasteiger partial charge in [0.25, 0.3) is 0 Å². The van der Waals surface area contributed by atoms with E-state index in [9.17, 15) is 0 Å². The molecule has 0 aliphatic carbocycles. The lowest BCUT2D eigenvalue weighted by Gasteiger charge is -1.98. The fourth-order valence-corrected chi connectivity index (χ4v) is 2.17. The first-order valence-corrected chi connectivity index (χ1v) is 5.51. The Morgan fingerprint density at radius 3 is 2.40 bits per heavy atom. The highest BCUT2D eigenvalue weighted by Gasteiger charge is 2.08. The third-order valence-electron chi connectivity index (χ3n) is 1.57. The van der Waals surface area contributed by atoms with Crippen molar-refractivity contribution >= 4 is 35.0 Å². The van der Waals surface area contributed by atoms with Crippen LogP contribution in [0.4, 0.5) is 0 Å². The number of furan rings is 1. The minimum absolute atomic E-state index is 0.0821. The third-order valence-corrected chi connectivity index (χ3v) is 2.92. The van der Waals surface area contributed by atoms with Crippen LogP contribution in [0, 0.1) is 6.92 Å². The SMILES string of the molecule is Cc1occc1Sc1nc(Cl)nc(Cl)n1. The number of hydrogen-bond donors (Lipinski definition) is 0. The summed E-state index contributed by atoms with van der Waals surface area (Å²) >= 11 is 12.6. The number of aryl methyl sites for hydroxylation is 1. The first kappa shape index (κ1) is 10.7. The van der Waals surface area contributed by atoms with Gasteiger partial charge in [-0.25, -0.2) is 0 Å². The Kier molecular flexibility index (Phi) is 3.14. The molecule has 0 saturated carbocycles. The molecule has 0 radical (unpaired) electrons. The zero-order valence-electron chi connectivity index (χ0n) is 7.57. The number of hydrogen-bond acceptors (Lipinski definition) is 5. The summed E-state index contributed by atoms with van der Waals surface area (Å²) in [6.45, 7) is 1.85. The predicted octanol–water partition coefficient (Wildman–Crippen LogP) is 3.23. The Morgan fingerprint density at radius 2 is 1.87 bits per heavy atom. The maximum atomic E-state index is 5.65. The normalized spacial score (nSPS) is 10.6. The molecule has 2 aromatic heterocycles. The van der Waals surface area contributed by atoms with Crippen LogP contribution in [0.25, 0.3) is 0 Å². The van der Waals surface area contributed by atoms with Gasteiger partial charge in [-0.1, -0.05) is 0 Å². The van der Waals surface area contributed by atoms with Gasteiger partial charge in [-0.2, -0.15) is 15.0 Å². The Bertz CT molecular complexity index is 468. The summed E-state index contributed by atoms with van der Waals surface area (Å²) in [4.78, 5) is 12.4. The van der Waals surface area contributed by atoms with Crippen molar-refractivity contribution in [2.75, 3.05) is 0 Å². The van der Waals surface area contributed by atoms with E-state index in [1.165, 1.54) is 11.8 Å². The van der Waals surface area contributed by atoms with Crippen LogP contribution in [0.2, 0.25) is 10.6 Å². The molecule has 78 valence electrons. The lowest BCUT2D eigenvalue weighted by Crippen LogP contribution is -1.91. The molecule has 4 nitrogen and oxygen atoms in total. The molecule has 0 saturated heterocycles. The minimum atomic E-state index is 0.0821. The monoisotopic (exact) mass is 261 g/mol. The molecule has 0 bridgehead atoms. The van der Waals surface area contributed by atoms with Crippen molar-refractivity contribution in [3.63, 3.8) is 0 Å². The van der Waals surface area contributed by atoms with Gasteiger partial charge >= 0.3 is 0 Å². The standard InChI is InChI=1S/C8H5Cl2N3OS/c1-4-5(2-3-14-4)15-8-12-6(9)11-7(10)13-8/h2-3H,1H3. The molecular weight excluding hydrogens is 257 g/mol. The summed E-state index contributed by atoms with van der Waals surface area (Å²) in [5.74, 6) is 0.799. The summed E-state index contributed by atoms with van der Waals surface area (Å²) in [7, 11) is 0.